The molecule has 0 aliphatic carbocycles. The topological polar surface area (TPSA) is 75.3 Å². The maximum Gasteiger partial charge on any atom is 0.234 e. The van der Waals surface area contributed by atoms with E-state index in [1.54, 1.807) is 24.3 Å². The average Bonchev–Trinajstić information content (AvgIpc) is 2.22. The number of carbonyl (C=O) groups excluding carboxylic acids is 1. The van der Waals surface area contributed by atoms with Gasteiger partial charge < -0.3 is 16.2 Å². The molecular formula is C10H14N2O2S. The Bertz CT molecular complexity index is 314. The van der Waals surface area contributed by atoms with Crippen molar-refractivity contribution in [2.45, 2.75) is 0 Å². The summed E-state index contributed by atoms with van der Waals surface area (Å²) in [7, 11) is 0. The number of aliphatic hydroxyl groups excluding tert-OH is 1. The molecule has 1 amide bonds. The van der Waals surface area contributed by atoms with Gasteiger partial charge in [-0.2, -0.15) is 0 Å². The van der Waals surface area contributed by atoms with Crippen LogP contribution in [0.15, 0.2) is 24.3 Å². The van der Waals surface area contributed by atoms with Gasteiger partial charge in [-0.1, -0.05) is 0 Å². The number of hydrogen-bond donors (Lipinski definition) is 3. The summed E-state index contributed by atoms with van der Waals surface area (Å²) in [6, 6.07) is 6.97. The molecule has 0 aliphatic rings. The predicted molar refractivity (Wildman–Crippen MR) is 63.9 cm³/mol. The van der Waals surface area contributed by atoms with E-state index in [1.165, 1.54) is 11.8 Å². The summed E-state index contributed by atoms with van der Waals surface area (Å²) >= 11 is 1.40. The number of benzene rings is 1. The molecule has 4 N–H and O–H groups in total. The van der Waals surface area contributed by atoms with Crippen LogP contribution in [-0.2, 0) is 4.79 Å². The van der Waals surface area contributed by atoms with Gasteiger partial charge in [0.2, 0.25) is 5.91 Å². The largest absolute Gasteiger partial charge is 0.399 e. The molecule has 0 atom stereocenters. The highest BCUT2D eigenvalue weighted by Crippen LogP contribution is 2.11. The fourth-order valence-electron chi connectivity index (χ4n) is 0.993. The first-order valence-electron chi connectivity index (χ1n) is 4.56. The Morgan fingerprint density at radius 3 is 2.67 bits per heavy atom. The van der Waals surface area contributed by atoms with Crippen LogP contribution in [0.5, 0.6) is 0 Å². The second-order valence-electron chi connectivity index (χ2n) is 2.95. The van der Waals surface area contributed by atoms with Crippen molar-refractivity contribution in [3.63, 3.8) is 0 Å². The second-order valence-corrected chi connectivity index (χ2v) is 4.05. The van der Waals surface area contributed by atoms with Gasteiger partial charge in [0.25, 0.3) is 0 Å². The zero-order chi connectivity index (χ0) is 11.1. The van der Waals surface area contributed by atoms with Crippen LogP contribution in [0.1, 0.15) is 0 Å². The normalized spacial score (nSPS) is 9.93. The lowest BCUT2D eigenvalue weighted by atomic mass is 10.3. The molecule has 1 aromatic rings. The summed E-state index contributed by atoms with van der Waals surface area (Å²) in [6.07, 6.45) is 0. The zero-order valence-electron chi connectivity index (χ0n) is 8.27. The van der Waals surface area contributed by atoms with Crippen LogP contribution >= 0.6 is 11.8 Å². The van der Waals surface area contributed by atoms with Crippen LogP contribution < -0.4 is 11.1 Å². The van der Waals surface area contributed by atoms with Crippen LogP contribution in [0.3, 0.4) is 0 Å². The minimum Gasteiger partial charge on any atom is -0.399 e. The Hall–Kier alpha value is -1.20. The van der Waals surface area contributed by atoms with Gasteiger partial charge in [-0.05, 0) is 24.3 Å². The monoisotopic (exact) mass is 226 g/mol. The van der Waals surface area contributed by atoms with Crippen molar-refractivity contribution >= 4 is 29.0 Å². The smallest absolute Gasteiger partial charge is 0.234 e. The summed E-state index contributed by atoms with van der Waals surface area (Å²) in [5, 5.41) is 11.3. The van der Waals surface area contributed by atoms with E-state index in [-0.39, 0.29) is 12.5 Å². The average molecular weight is 226 g/mol. The highest BCUT2D eigenvalue weighted by atomic mass is 32.2. The molecule has 0 heterocycles. The van der Waals surface area contributed by atoms with E-state index in [4.69, 9.17) is 10.8 Å². The minimum atomic E-state index is -0.0711. The van der Waals surface area contributed by atoms with E-state index in [0.717, 1.165) is 5.69 Å². The molecule has 0 bridgehead atoms. The van der Waals surface area contributed by atoms with E-state index in [2.05, 4.69) is 5.32 Å². The van der Waals surface area contributed by atoms with E-state index >= 15 is 0 Å². The Morgan fingerprint density at radius 1 is 1.40 bits per heavy atom. The van der Waals surface area contributed by atoms with Crippen molar-refractivity contribution in [1.29, 1.82) is 0 Å². The van der Waals surface area contributed by atoms with Gasteiger partial charge in [0, 0.05) is 17.1 Å². The number of hydrogen-bond acceptors (Lipinski definition) is 4. The molecule has 5 heteroatoms. The zero-order valence-corrected chi connectivity index (χ0v) is 9.09. The summed E-state index contributed by atoms with van der Waals surface area (Å²) in [4.78, 5) is 11.3. The molecule has 0 radical (unpaired) electrons. The van der Waals surface area contributed by atoms with E-state index in [0.29, 0.717) is 17.2 Å². The van der Waals surface area contributed by atoms with Gasteiger partial charge in [-0.25, -0.2) is 0 Å². The number of amides is 1. The molecule has 4 nitrogen and oxygen atoms in total. The molecule has 0 fully saturated rings. The number of nitrogens with one attached hydrogen (secondary N) is 1. The van der Waals surface area contributed by atoms with Gasteiger partial charge in [-0.15, -0.1) is 11.8 Å². The fourth-order valence-corrected chi connectivity index (χ4v) is 1.52. The van der Waals surface area contributed by atoms with Crippen LogP contribution in [0.2, 0.25) is 0 Å². The lowest BCUT2D eigenvalue weighted by Crippen LogP contribution is -2.14. The number of carbonyl (C=O) groups is 1. The SMILES string of the molecule is Nc1ccc(NC(=O)CSCCO)cc1. The molecule has 1 rings (SSSR count). The molecule has 0 unspecified atom stereocenters. The van der Waals surface area contributed by atoms with Crippen LogP contribution in [0.25, 0.3) is 0 Å². The molecular weight excluding hydrogens is 212 g/mol. The lowest BCUT2D eigenvalue weighted by Gasteiger charge is -2.04. The Kier molecular flexibility index (Phi) is 5.00. The van der Waals surface area contributed by atoms with E-state index in [1.807, 2.05) is 0 Å². The van der Waals surface area contributed by atoms with Crippen molar-refractivity contribution < 1.29 is 9.90 Å². The van der Waals surface area contributed by atoms with Gasteiger partial charge in [0.05, 0.1) is 12.4 Å². The third-order valence-corrected chi connectivity index (χ3v) is 2.60. The summed E-state index contributed by atoms with van der Waals surface area (Å²) in [6.45, 7) is 0.0970. The fraction of sp³-hybridized carbons (Fsp3) is 0.300. The molecule has 0 aliphatic heterocycles. The summed E-state index contributed by atoms with van der Waals surface area (Å²) in [5.41, 5.74) is 6.92. The first-order valence-corrected chi connectivity index (χ1v) is 5.72. The van der Waals surface area contributed by atoms with Gasteiger partial charge in [0.1, 0.15) is 0 Å². The number of rotatable bonds is 5. The quantitative estimate of drug-likeness (QED) is 0.516. The van der Waals surface area contributed by atoms with Crippen LogP contribution in [-0.4, -0.2) is 29.1 Å². The Morgan fingerprint density at radius 2 is 2.07 bits per heavy atom. The van der Waals surface area contributed by atoms with E-state index in [9.17, 15) is 4.79 Å². The molecule has 82 valence electrons. The standard InChI is InChI=1S/C10H14N2O2S/c11-8-1-3-9(4-2-8)12-10(14)7-15-6-5-13/h1-4,13H,5-7,11H2,(H,12,14). The molecule has 0 saturated carbocycles. The Balaban J connectivity index is 2.34. The van der Waals surface area contributed by atoms with Gasteiger partial charge >= 0.3 is 0 Å². The third-order valence-electron chi connectivity index (χ3n) is 1.66. The second kappa shape index (κ2) is 6.31. The minimum absolute atomic E-state index is 0.0711. The Labute approximate surface area is 92.9 Å². The highest BCUT2D eigenvalue weighted by molar-refractivity contribution is 7.99. The maximum absolute atomic E-state index is 11.3. The van der Waals surface area contributed by atoms with Crippen molar-refractivity contribution in [3.8, 4) is 0 Å². The van der Waals surface area contributed by atoms with Gasteiger partial charge in [0.15, 0.2) is 0 Å². The number of nitrogens with two attached hydrogens (primary N) is 1. The first-order chi connectivity index (χ1) is 7.22. The molecule has 0 aromatic heterocycles. The molecule has 15 heavy (non-hydrogen) atoms. The summed E-state index contributed by atoms with van der Waals surface area (Å²) < 4.78 is 0. The number of anilines is 2. The van der Waals surface area contributed by atoms with Crippen LogP contribution in [0.4, 0.5) is 11.4 Å². The van der Waals surface area contributed by atoms with Gasteiger partial charge in [-0.3, -0.25) is 4.79 Å². The van der Waals surface area contributed by atoms with Crippen molar-refractivity contribution in [1.82, 2.24) is 0 Å². The predicted octanol–water partition coefficient (Wildman–Crippen LogP) is 0.933. The van der Waals surface area contributed by atoms with Crippen molar-refractivity contribution in [2.24, 2.45) is 0 Å². The maximum atomic E-state index is 11.3. The van der Waals surface area contributed by atoms with Crippen LogP contribution in [0, 0.1) is 0 Å². The number of thioether (sulfide) groups is 1. The molecule has 0 saturated heterocycles. The molecule has 1 aromatic carbocycles. The number of aliphatic hydroxyl groups is 1. The van der Waals surface area contributed by atoms with Crippen molar-refractivity contribution in [3.05, 3.63) is 24.3 Å². The molecule has 0 spiro atoms. The third kappa shape index (κ3) is 4.71. The lowest BCUT2D eigenvalue weighted by molar-refractivity contribution is -0.113. The number of nitrogen functional groups attached to an aromatic ring is 1. The van der Waals surface area contributed by atoms with E-state index < -0.39 is 0 Å². The highest BCUT2D eigenvalue weighted by Gasteiger charge is 2.01. The first kappa shape index (κ1) is 11.9. The summed E-state index contributed by atoms with van der Waals surface area (Å²) in [5.74, 6) is 0.860. The van der Waals surface area contributed by atoms with Crippen molar-refractivity contribution in [2.75, 3.05) is 29.2 Å².